The Hall–Kier alpha value is -2.58. The molecule has 1 aliphatic heterocycles. The van der Waals surface area contributed by atoms with Gasteiger partial charge in [-0.1, -0.05) is 13.0 Å². The van der Waals surface area contributed by atoms with E-state index < -0.39 is 17.8 Å². The average molecular weight is 278 g/mol. The van der Waals surface area contributed by atoms with Crippen LogP contribution in [0.5, 0.6) is 0 Å². The van der Waals surface area contributed by atoms with Crippen LogP contribution in [0.2, 0.25) is 0 Å². The summed E-state index contributed by atoms with van der Waals surface area (Å²) in [5, 5.41) is 11.0. The van der Waals surface area contributed by atoms with Gasteiger partial charge in [0.25, 0.3) is 0 Å². The van der Waals surface area contributed by atoms with Gasteiger partial charge in [-0.15, -0.1) is 11.7 Å². The number of hydrogen-bond acceptors (Lipinski definition) is 6. The smallest absolute Gasteiger partial charge is 0.263 e. The van der Waals surface area contributed by atoms with E-state index in [1.165, 1.54) is 10.8 Å². The fourth-order valence-electron chi connectivity index (χ4n) is 1.84. The van der Waals surface area contributed by atoms with Crippen molar-refractivity contribution < 1.29 is 14.4 Å². The van der Waals surface area contributed by atoms with Crippen LogP contribution in [0.4, 0.5) is 4.79 Å². The summed E-state index contributed by atoms with van der Waals surface area (Å²) in [5.74, 6) is -1.37. The Morgan fingerprint density at radius 1 is 1.20 bits per heavy atom. The standard InChI is InChI=1S/C11H14N6O3/c1-3-5-15-9(18)10(19)16(11(15)20)7-8-12-13-14-17(8)6-4-2/h3H,1,4-7H2,2H3. The summed E-state index contributed by atoms with van der Waals surface area (Å²) in [5.41, 5.74) is 0. The summed E-state index contributed by atoms with van der Waals surface area (Å²) in [6.07, 6.45) is 2.19. The van der Waals surface area contributed by atoms with Crippen molar-refractivity contribution >= 4 is 17.8 Å². The van der Waals surface area contributed by atoms with E-state index in [0.717, 1.165) is 16.2 Å². The van der Waals surface area contributed by atoms with Gasteiger partial charge in [0.15, 0.2) is 5.82 Å². The molecule has 0 spiro atoms. The van der Waals surface area contributed by atoms with E-state index in [0.29, 0.717) is 12.4 Å². The van der Waals surface area contributed by atoms with E-state index in [1.807, 2.05) is 6.92 Å². The molecular formula is C11H14N6O3. The summed E-state index contributed by atoms with van der Waals surface area (Å²) in [7, 11) is 0. The molecule has 9 nitrogen and oxygen atoms in total. The quantitative estimate of drug-likeness (QED) is 0.397. The summed E-state index contributed by atoms with van der Waals surface area (Å²) in [6, 6.07) is -0.675. The Labute approximate surface area is 114 Å². The Kier molecular flexibility index (Phi) is 3.87. The maximum absolute atomic E-state index is 12.0. The molecule has 4 amide bonds. The van der Waals surface area contributed by atoms with E-state index in [-0.39, 0.29) is 13.1 Å². The first-order chi connectivity index (χ1) is 9.60. The second-order valence-electron chi connectivity index (χ2n) is 4.20. The molecule has 1 aromatic rings. The molecule has 0 bridgehead atoms. The number of urea groups is 1. The molecule has 2 rings (SSSR count). The second kappa shape index (κ2) is 5.59. The number of aromatic nitrogens is 4. The van der Waals surface area contributed by atoms with E-state index in [2.05, 4.69) is 22.1 Å². The lowest BCUT2D eigenvalue weighted by molar-refractivity contribution is -0.143. The van der Waals surface area contributed by atoms with Crippen LogP contribution in [0.1, 0.15) is 19.2 Å². The number of carbonyl (C=O) groups is 3. The molecule has 0 unspecified atom stereocenters. The Morgan fingerprint density at radius 3 is 2.55 bits per heavy atom. The zero-order chi connectivity index (χ0) is 14.7. The monoisotopic (exact) mass is 278 g/mol. The van der Waals surface area contributed by atoms with Crippen LogP contribution in [0, 0.1) is 0 Å². The molecule has 106 valence electrons. The minimum Gasteiger partial charge on any atom is -0.263 e. The molecule has 1 saturated heterocycles. The van der Waals surface area contributed by atoms with Gasteiger partial charge in [0.1, 0.15) is 0 Å². The van der Waals surface area contributed by atoms with Gasteiger partial charge >= 0.3 is 17.8 Å². The zero-order valence-electron chi connectivity index (χ0n) is 11.0. The lowest BCUT2D eigenvalue weighted by atomic mass is 10.4. The van der Waals surface area contributed by atoms with Crippen molar-refractivity contribution in [1.29, 1.82) is 0 Å². The maximum Gasteiger partial charge on any atom is 0.334 e. The molecule has 0 atom stereocenters. The number of amides is 4. The Morgan fingerprint density at radius 2 is 1.90 bits per heavy atom. The van der Waals surface area contributed by atoms with Gasteiger partial charge in [0.05, 0.1) is 6.54 Å². The molecule has 0 aliphatic carbocycles. The molecule has 0 aromatic carbocycles. The average Bonchev–Trinajstić information content (AvgIpc) is 2.94. The van der Waals surface area contributed by atoms with E-state index in [4.69, 9.17) is 0 Å². The molecule has 20 heavy (non-hydrogen) atoms. The van der Waals surface area contributed by atoms with Crippen molar-refractivity contribution in [2.75, 3.05) is 6.54 Å². The van der Waals surface area contributed by atoms with Crippen molar-refractivity contribution in [3.05, 3.63) is 18.5 Å². The first kappa shape index (κ1) is 13.8. The number of tetrazole rings is 1. The second-order valence-corrected chi connectivity index (χ2v) is 4.20. The SMILES string of the molecule is C=CCN1C(=O)C(=O)N(Cc2nnnn2CCC)C1=O. The lowest BCUT2D eigenvalue weighted by Crippen LogP contribution is -2.34. The molecule has 2 heterocycles. The van der Waals surface area contributed by atoms with Crippen LogP contribution in [0.3, 0.4) is 0 Å². The third-order valence-electron chi connectivity index (χ3n) is 2.79. The highest BCUT2D eigenvalue weighted by molar-refractivity contribution is 6.44. The fourth-order valence-corrected chi connectivity index (χ4v) is 1.84. The van der Waals surface area contributed by atoms with Crippen molar-refractivity contribution in [3.63, 3.8) is 0 Å². The Bertz CT molecular complexity index is 566. The van der Waals surface area contributed by atoms with Gasteiger partial charge in [-0.25, -0.2) is 14.4 Å². The van der Waals surface area contributed by atoms with Crippen LogP contribution < -0.4 is 0 Å². The van der Waals surface area contributed by atoms with Crippen LogP contribution in [0.25, 0.3) is 0 Å². The molecule has 0 saturated carbocycles. The number of hydrogen-bond donors (Lipinski definition) is 0. The van der Waals surface area contributed by atoms with Crippen molar-refractivity contribution in [2.24, 2.45) is 0 Å². The molecule has 1 aromatic heterocycles. The lowest BCUT2D eigenvalue weighted by Gasteiger charge is -2.13. The van der Waals surface area contributed by atoms with Gasteiger partial charge in [-0.05, 0) is 16.8 Å². The van der Waals surface area contributed by atoms with Crippen LogP contribution in [-0.2, 0) is 22.7 Å². The summed E-state index contributed by atoms with van der Waals surface area (Å²) >= 11 is 0. The minimum atomic E-state index is -0.872. The van der Waals surface area contributed by atoms with E-state index >= 15 is 0 Å². The fraction of sp³-hybridized carbons (Fsp3) is 0.455. The largest absolute Gasteiger partial charge is 0.334 e. The molecule has 9 heteroatoms. The van der Waals surface area contributed by atoms with Gasteiger partial charge in [-0.2, -0.15) is 0 Å². The van der Waals surface area contributed by atoms with E-state index in [1.54, 1.807) is 0 Å². The third-order valence-corrected chi connectivity index (χ3v) is 2.79. The molecule has 0 radical (unpaired) electrons. The van der Waals surface area contributed by atoms with Gasteiger partial charge in [0.2, 0.25) is 0 Å². The number of nitrogens with zero attached hydrogens (tertiary/aromatic N) is 6. The minimum absolute atomic E-state index is 0.000191. The number of rotatable bonds is 6. The first-order valence-electron chi connectivity index (χ1n) is 6.13. The normalized spacial score (nSPS) is 15.3. The Balaban J connectivity index is 2.18. The highest BCUT2D eigenvalue weighted by Gasteiger charge is 2.44. The first-order valence-corrected chi connectivity index (χ1v) is 6.13. The predicted molar refractivity (Wildman–Crippen MR) is 66.0 cm³/mol. The zero-order valence-corrected chi connectivity index (χ0v) is 11.0. The van der Waals surface area contributed by atoms with Crippen molar-refractivity contribution in [1.82, 2.24) is 30.0 Å². The van der Waals surface area contributed by atoms with Crippen LogP contribution in [-0.4, -0.2) is 54.4 Å². The maximum atomic E-state index is 12.0. The van der Waals surface area contributed by atoms with E-state index in [9.17, 15) is 14.4 Å². The van der Waals surface area contributed by atoms with Gasteiger partial charge in [-0.3, -0.25) is 14.5 Å². The van der Waals surface area contributed by atoms with Crippen molar-refractivity contribution in [3.8, 4) is 0 Å². The topological polar surface area (TPSA) is 101 Å². The van der Waals surface area contributed by atoms with Gasteiger partial charge in [0, 0.05) is 13.1 Å². The highest BCUT2D eigenvalue weighted by atomic mass is 16.2. The summed E-state index contributed by atoms with van der Waals surface area (Å²) in [6.45, 7) is 5.85. The third kappa shape index (κ3) is 2.29. The predicted octanol–water partition coefficient (Wildman–Crippen LogP) is -0.440. The number of carbonyl (C=O) groups excluding carboxylic acids is 3. The summed E-state index contributed by atoms with van der Waals surface area (Å²) < 4.78 is 1.50. The molecule has 0 N–H and O–H groups in total. The van der Waals surface area contributed by atoms with Crippen LogP contribution in [0.15, 0.2) is 12.7 Å². The molecular weight excluding hydrogens is 264 g/mol. The molecule has 1 fully saturated rings. The van der Waals surface area contributed by atoms with Crippen molar-refractivity contribution in [2.45, 2.75) is 26.4 Å². The number of aryl methyl sites for hydroxylation is 1. The number of imide groups is 2. The highest BCUT2D eigenvalue weighted by Crippen LogP contribution is 2.14. The summed E-state index contributed by atoms with van der Waals surface area (Å²) in [4.78, 5) is 37.1. The van der Waals surface area contributed by atoms with Crippen LogP contribution >= 0.6 is 0 Å². The van der Waals surface area contributed by atoms with Gasteiger partial charge < -0.3 is 0 Å². The molecule has 1 aliphatic rings.